The van der Waals surface area contributed by atoms with E-state index in [0.29, 0.717) is 0 Å². The number of hydrogen-bond acceptors (Lipinski definition) is 6. The molecule has 2 fully saturated rings. The number of nitrogens with zero attached hydrogens (tertiary/aromatic N) is 3. The van der Waals surface area contributed by atoms with Gasteiger partial charge in [0.2, 0.25) is 0 Å². The first-order valence-electron chi connectivity index (χ1n) is 9.08. The molecule has 0 N–H and O–H groups in total. The molecule has 0 amide bonds. The number of aliphatic imine (C=N–C) groups is 1. The van der Waals surface area contributed by atoms with Gasteiger partial charge in [-0.15, -0.1) is 11.3 Å². The van der Waals surface area contributed by atoms with Crippen LogP contribution in [0.1, 0.15) is 23.7 Å². The van der Waals surface area contributed by atoms with E-state index in [4.69, 9.17) is 9.73 Å². The molecule has 1 aromatic heterocycles. The lowest BCUT2D eigenvalue weighted by Crippen LogP contribution is -2.40. The maximum absolute atomic E-state index is 13.0. The van der Waals surface area contributed by atoms with Crippen LogP contribution >= 0.6 is 11.3 Å². The van der Waals surface area contributed by atoms with E-state index in [2.05, 4.69) is 34.1 Å². The van der Waals surface area contributed by atoms with Crippen molar-refractivity contribution in [3.8, 4) is 0 Å². The number of amidine groups is 1. The fourth-order valence-corrected chi connectivity index (χ4v) is 4.88. The summed E-state index contributed by atoms with van der Waals surface area (Å²) in [5.41, 5.74) is 2.61. The van der Waals surface area contributed by atoms with E-state index in [1.807, 2.05) is 18.4 Å². The maximum atomic E-state index is 13.0. The van der Waals surface area contributed by atoms with Crippen LogP contribution < -0.4 is 9.80 Å². The van der Waals surface area contributed by atoms with Crippen LogP contribution in [0.25, 0.3) is 0 Å². The standard InChI is InChI=1S/C20H21N3O2S/c1-20-7-8-23(19(20)21-18-16(17(20)24)6-13-26-18)15-4-2-14(3-5-15)22-9-11-25-12-10-22/h2-6,13H,7-12H2,1H3. The molecule has 3 aliphatic heterocycles. The number of fused-ring (bicyclic) bond motifs is 2. The Balaban J connectivity index is 1.47. The van der Waals surface area contributed by atoms with E-state index in [-0.39, 0.29) is 5.78 Å². The minimum absolute atomic E-state index is 0.214. The zero-order valence-electron chi connectivity index (χ0n) is 14.8. The van der Waals surface area contributed by atoms with E-state index in [9.17, 15) is 4.79 Å². The minimum Gasteiger partial charge on any atom is -0.378 e. The highest BCUT2D eigenvalue weighted by Gasteiger charge is 2.50. The van der Waals surface area contributed by atoms with Crippen molar-refractivity contribution in [3.05, 3.63) is 41.3 Å². The Morgan fingerprint density at radius 1 is 1.08 bits per heavy atom. The first-order chi connectivity index (χ1) is 12.7. The molecular weight excluding hydrogens is 346 g/mol. The molecule has 134 valence electrons. The summed E-state index contributed by atoms with van der Waals surface area (Å²) in [7, 11) is 0. The second-order valence-corrected chi connectivity index (χ2v) is 8.15. The number of Topliss-reactive ketones (excluding diaryl/α,β-unsaturated/α-hetero) is 1. The predicted molar refractivity (Wildman–Crippen MR) is 105 cm³/mol. The van der Waals surface area contributed by atoms with Crippen LogP contribution in [0.2, 0.25) is 0 Å². The van der Waals surface area contributed by atoms with Crippen LogP contribution in [0, 0.1) is 5.41 Å². The van der Waals surface area contributed by atoms with Gasteiger partial charge in [-0.05, 0) is 49.1 Å². The Kier molecular flexibility index (Phi) is 3.65. The summed E-state index contributed by atoms with van der Waals surface area (Å²) < 4.78 is 5.43. The number of anilines is 2. The van der Waals surface area contributed by atoms with Crippen molar-refractivity contribution < 1.29 is 9.53 Å². The number of ketones is 1. The van der Waals surface area contributed by atoms with E-state index in [1.54, 1.807) is 11.3 Å². The van der Waals surface area contributed by atoms with Crippen molar-refractivity contribution in [2.45, 2.75) is 13.3 Å². The molecule has 5 nitrogen and oxygen atoms in total. The summed E-state index contributed by atoms with van der Waals surface area (Å²) in [6.07, 6.45) is 0.811. The lowest BCUT2D eigenvalue weighted by Gasteiger charge is -2.31. The van der Waals surface area contributed by atoms with Crippen molar-refractivity contribution >= 4 is 39.3 Å². The molecule has 4 heterocycles. The molecule has 0 bridgehead atoms. The van der Waals surface area contributed by atoms with Gasteiger partial charge in [-0.3, -0.25) is 4.79 Å². The molecule has 0 aliphatic carbocycles. The highest BCUT2D eigenvalue weighted by atomic mass is 32.1. The van der Waals surface area contributed by atoms with Crippen LogP contribution in [0.15, 0.2) is 40.7 Å². The van der Waals surface area contributed by atoms with Crippen LogP contribution in [0.3, 0.4) is 0 Å². The Hall–Kier alpha value is -2.18. The van der Waals surface area contributed by atoms with E-state index >= 15 is 0 Å². The van der Waals surface area contributed by atoms with E-state index < -0.39 is 5.41 Å². The molecular formula is C20H21N3O2S. The Labute approximate surface area is 156 Å². The first kappa shape index (κ1) is 16.0. The summed E-state index contributed by atoms with van der Waals surface area (Å²) >= 11 is 1.54. The van der Waals surface area contributed by atoms with Crippen molar-refractivity contribution in [1.29, 1.82) is 0 Å². The van der Waals surface area contributed by atoms with Gasteiger partial charge in [0.05, 0.1) is 24.2 Å². The molecule has 5 rings (SSSR count). The van der Waals surface area contributed by atoms with Gasteiger partial charge in [0.1, 0.15) is 10.8 Å². The third-order valence-electron chi connectivity index (χ3n) is 5.72. The number of carbonyl (C=O) groups is 1. The monoisotopic (exact) mass is 367 g/mol. The molecule has 1 aromatic carbocycles. The second-order valence-electron chi connectivity index (χ2n) is 7.25. The number of thiophene rings is 1. The lowest BCUT2D eigenvalue weighted by atomic mass is 9.79. The highest BCUT2D eigenvalue weighted by Crippen LogP contribution is 2.46. The number of hydrogen-bond donors (Lipinski definition) is 0. The molecule has 1 atom stereocenters. The molecule has 2 aromatic rings. The smallest absolute Gasteiger partial charge is 0.179 e. The average Bonchev–Trinajstić information content (AvgIpc) is 3.28. The lowest BCUT2D eigenvalue weighted by molar-refractivity contribution is 0.0888. The third-order valence-corrected chi connectivity index (χ3v) is 6.53. The van der Waals surface area contributed by atoms with Crippen LogP contribution in [-0.4, -0.2) is 44.5 Å². The average molecular weight is 367 g/mol. The maximum Gasteiger partial charge on any atom is 0.179 e. The van der Waals surface area contributed by atoms with E-state index in [1.165, 1.54) is 5.69 Å². The fraction of sp³-hybridized carbons (Fsp3) is 0.400. The van der Waals surface area contributed by atoms with Gasteiger partial charge in [0.25, 0.3) is 0 Å². The third kappa shape index (κ3) is 2.32. The predicted octanol–water partition coefficient (Wildman–Crippen LogP) is 3.73. The molecule has 6 heteroatoms. The fourth-order valence-electron chi connectivity index (χ4n) is 4.12. The topological polar surface area (TPSA) is 45.1 Å². The first-order valence-corrected chi connectivity index (χ1v) is 9.96. The van der Waals surface area contributed by atoms with Crippen molar-refractivity contribution in [2.24, 2.45) is 10.4 Å². The normalized spacial score (nSPS) is 25.1. The Morgan fingerprint density at radius 2 is 1.81 bits per heavy atom. The zero-order valence-corrected chi connectivity index (χ0v) is 15.6. The molecule has 1 unspecified atom stereocenters. The van der Waals surface area contributed by atoms with Crippen molar-refractivity contribution in [2.75, 3.05) is 42.6 Å². The van der Waals surface area contributed by atoms with E-state index in [0.717, 1.165) is 61.4 Å². The Bertz CT molecular complexity index is 883. The highest BCUT2D eigenvalue weighted by molar-refractivity contribution is 7.14. The van der Waals surface area contributed by atoms with Gasteiger partial charge in [0, 0.05) is 31.0 Å². The van der Waals surface area contributed by atoms with Crippen molar-refractivity contribution in [1.82, 2.24) is 0 Å². The zero-order chi connectivity index (χ0) is 17.7. The van der Waals surface area contributed by atoms with Gasteiger partial charge < -0.3 is 14.5 Å². The molecule has 3 aliphatic rings. The SMILES string of the molecule is CC12CCN(c3ccc(N4CCOCC4)cc3)C1=Nc1sccc1C2=O. The summed E-state index contributed by atoms with van der Waals surface area (Å²) in [6, 6.07) is 10.5. The van der Waals surface area contributed by atoms with Gasteiger partial charge in [-0.2, -0.15) is 0 Å². The van der Waals surface area contributed by atoms with Crippen molar-refractivity contribution in [3.63, 3.8) is 0 Å². The van der Waals surface area contributed by atoms with Gasteiger partial charge in [0.15, 0.2) is 5.78 Å². The van der Waals surface area contributed by atoms with Gasteiger partial charge >= 0.3 is 0 Å². The number of carbonyl (C=O) groups excluding carboxylic acids is 1. The number of benzene rings is 1. The van der Waals surface area contributed by atoms with Gasteiger partial charge in [-0.25, -0.2) is 4.99 Å². The summed E-state index contributed by atoms with van der Waals surface area (Å²) in [5.74, 6) is 1.11. The Morgan fingerprint density at radius 3 is 2.58 bits per heavy atom. The molecule has 0 radical (unpaired) electrons. The second kappa shape index (κ2) is 5.93. The molecule has 26 heavy (non-hydrogen) atoms. The quantitative estimate of drug-likeness (QED) is 0.811. The summed E-state index contributed by atoms with van der Waals surface area (Å²) in [4.78, 5) is 22.4. The van der Waals surface area contributed by atoms with Crippen LogP contribution in [-0.2, 0) is 4.74 Å². The largest absolute Gasteiger partial charge is 0.378 e. The summed E-state index contributed by atoms with van der Waals surface area (Å²) in [6.45, 7) is 6.30. The summed E-state index contributed by atoms with van der Waals surface area (Å²) in [5, 5.41) is 2.80. The number of rotatable bonds is 2. The molecule has 2 saturated heterocycles. The molecule has 0 spiro atoms. The van der Waals surface area contributed by atoms with Crippen LogP contribution in [0.4, 0.5) is 16.4 Å². The van der Waals surface area contributed by atoms with Gasteiger partial charge in [-0.1, -0.05) is 0 Å². The van der Waals surface area contributed by atoms with Crippen LogP contribution in [0.5, 0.6) is 0 Å². The molecule has 0 saturated carbocycles. The minimum atomic E-state index is -0.503. The number of morpholine rings is 1. The number of ether oxygens (including phenoxy) is 1.